The average Bonchev–Trinajstić information content (AvgIpc) is 3.11. The fourth-order valence-electron chi connectivity index (χ4n) is 8.17. The zero-order valence-corrected chi connectivity index (χ0v) is 18.8. The lowest BCUT2D eigenvalue weighted by atomic mass is 9.55. The molecule has 0 aromatic heterocycles. The molecule has 3 unspecified atom stereocenters. The van der Waals surface area contributed by atoms with Crippen molar-refractivity contribution < 1.29 is 0 Å². The van der Waals surface area contributed by atoms with Crippen molar-refractivity contribution in [3.8, 4) is 0 Å². The van der Waals surface area contributed by atoms with Crippen molar-refractivity contribution in [2.45, 2.75) is 105 Å². The summed E-state index contributed by atoms with van der Waals surface area (Å²) in [5, 5.41) is 0. The summed E-state index contributed by atoms with van der Waals surface area (Å²) in [4.78, 5) is 0. The Balaban J connectivity index is 1.38. The summed E-state index contributed by atoms with van der Waals surface area (Å²) in [6, 6.07) is 0. The molecule has 0 aromatic carbocycles. The molecule has 0 aromatic rings. The van der Waals surface area contributed by atoms with Crippen LogP contribution >= 0.6 is 0 Å². The second kappa shape index (κ2) is 8.62. The van der Waals surface area contributed by atoms with Crippen molar-refractivity contribution in [2.75, 3.05) is 0 Å². The molecular weight excluding hydrogens is 324 g/mol. The molecule has 154 valence electrons. The summed E-state index contributed by atoms with van der Waals surface area (Å²) in [7, 11) is 0. The Kier molecular flexibility index (Phi) is 6.40. The van der Waals surface area contributed by atoms with E-state index in [0.29, 0.717) is 0 Å². The van der Waals surface area contributed by atoms with Gasteiger partial charge in [-0.1, -0.05) is 65.0 Å². The van der Waals surface area contributed by atoms with Crippen molar-refractivity contribution in [3.63, 3.8) is 0 Å². The highest BCUT2D eigenvalue weighted by Gasteiger charge is 2.50. The summed E-state index contributed by atoms with van der Waals surface area (Å²) in [5.74, 6) is 9.22. The van der Waals surface area contributed by atoms with Gasteiger partial charge in [0, 0.05) is 0 Å². The van der Waals surface area contributed by atoms with E-state index >= 15 is 0 Å². The minimum absolute atomic E-state index is 0.884. The molecule has 3 fully saturated rings. The Morgan fingerprint density at radius 3 is 2.41 bits per heavy atom. The molecule has 27 heavy (non-hydrogen) atoms. The van der Waals surface area contributed by atoms with Crippen LogP contribution in [0.15, 0.2) is 11.6 Å². The third kappa shape index (κ3) is 4.06. The molecule has 0 radical (unpaired) electrons. The van der Waals surface area contributed by atoms with E-state index in [-0.39, 0.29) is 0 Å². The highest BCUT2D eigenvalue weighted by atomic mass is 14.5. The van der Waals surface area contributed by atoms with Crippen LogP contribution in [-0.2, 0) is 0 Å². The Bertz CT molecular complexity index is 514. The number of hydrogen-bond acceptors (Lipinski definition) is 0. The normalized spacial score (nSPS) is 42.3. The Morgan fingerprint density at radius 1 is 0.852 bits per heavy atom. The number of rotatable bonds is 6. The van der Waals surface area contributed by atoms with Gasteiger partial charge in [0.25, 0.3) is 0 Å². The fraction of sp³-hybridized carbons (Fsp3) is 0.926. The van der Waals surface area contributed by atoms with Gasteiger partial charge in [-0.25, -0.2) is 0 Å². The van der Waals surface area contributed by atoms with Gasteiger partial charge in [0.2, 0.25) is 0 Å². The number of fused-ring (bicyclic) bond motifs is 5. The van der Waals surface area contributed by atoms with Crippen LogP contribution < -0.4 is 0 Å². The van der Waals surface area contributed by atoms with E-state index in [0.717, 1.165) is 53.3 Å². The lowest BCUT2D eigenvalue weighted by Gasteiger charge is -2.50. The molecule has 8 atom stereocenters. The van der Waals surface area contributed by atoms with Gasteiger partial charge in [0.15, 0.2) is 0 Å². The van der Waals surface area contributed by atoms with Gasteiger partial charge in [0.1, 0.15) is 0 Å². The number of hydrogen-bond donors (Lipinski definition) is 0. The van der Waals surface area contributed by atoms with E-state index in [2.05, 4.69) is 33.8 Å². The maximum absolute atomic E-state index is 2.76. The summed E-state index contributed by atoms with van der Waals surface area (Å²) in [5.41, 5.74) is 1.91. The highest BCUT2D eigenvalue weighted by Crippen LogP contribution is 2.59. The summed E-state index contributed by atoms with van der Waals surface area (Å²) < 4.78 is 0. The van der Waals surface area contributed by atoms with Crippen LogP contribution in [0.5, 0.6) is 0 Å². The van der Waals surface area contributed by atoms with Crippen LogP contribution in [0.2, 0.25) is 0 Å². The van der Waals surface area contributed by atoms with Gasteiger partial charge in [-0.2, -0.15) is 0 Å². The molecule has 0 saturated heterocycles. The van der Waals surface area contributed by atoms with Gasteiger partial charge in [-0.15, -0.1) is 0 Å². The first-order valence-electron chi connectivity index (χ1n) is 12.8. The fourth-order valence-corrected chi connectivity index (χ4v) is 8.17. The van der Waals surface area contributed by atoms with E-state index in [9.17, 15) is 0 Å². The van der Waals surface area contributed by atoms with Crippen LogP contribution in [0.4, 0.5) is 0 Å². The van der Waals surface area contributed by atoms with E-state index in [4.69, 9.17) is 0 Å². The molecule has 0 bridgehead atoms. The van der Waals surface area contributed by atoms with Crippen LogP contribution in [0.3, 0.4) is 0 Å². The molecule has 3 saturated carbocycles. The topological polar surface area (TPSA) is 0 Å². The van der Waals surface area contributed by atoms with Gasteiger partial charge < -0.3 is 0 Å². The van der Waals surface area contributed by atoms with Crippen molar-refractivity contribution >= 4 is 0 Å². The predicted molar refractivity (Wildman–Crippen MR) is 118 cm³/mol. The van der Waals surface area contributed by atoms with E-state index in [1.807, 2.05) is 5.57 Å². The van der Waals surface area contributed by atoms with Gasteiger partial charge in [-0.3, -0.25) is 0 Å². The molecular formula is C27H46. The molecule has 0 spiro atoms. The first-order valence-corrected chi connectivity index (χ1v) is 12.8. The summed E-state index contributed by atoms with van der Waals surface area (Å²) in [6.45, 7) is 9.78. The molecule has 0 N–H and O–H groups in total. The molecule has 0 nitrogen and oxygen atoms in total. The Labute approximate surface area is 170 Å². The van der Waals surface area contributed by atoms with E-state index in [1.165, 1.54) is 51.4 Å². The number of allylic oxidation sites excluding steroid dienone is 2. The van der Waals surface area contributed by atoms with Gasteiger partial charge in [-0.05, 0) is 105 Å². The molecule has 0 heterocycles. The highest BCUT2D eigenvalue weighted by molar-refractivity contribution is 5.18. The van der Waals surface area contributed by atoms with Crippen molar-refractivity contribution in [2.24, 2.45) is 53.3 Å². The van der Waals surface area contributed by atoms with E-state index < -0.39 is 0 Å². The predicted octanol–water partition coefficient (Wildman–Crippen LogP) is 8.27. The largest absolute Gasteiger partial charge is 0.0847 e. The Hall–Kier alpha value is -0.260. The zero-order valence-electron chi connectivity index (χ0n) is 18.8. The Morgan fingerprint density at radius 2 is 1.63 bits per heavy atom. The minimum Gasteiger partial charge on any atom is -0.0847 e. The average molecular weight is 371 g/mol. The monoisotopic (exact) mass is 370 g/mol. The molecule has 4 aliphatic rings. The zero-order chi connectivity index (χ0) is 19.0. The maximum Gasteiger partial charge on any atom is -0.0172 e. The SMILES string of the molecule is CC[C@H]1CCC2C(=CCC3[C@@H]2CCC2[C@H]3CC[C@@H]2[C@H](C)CCCC(C)C)C1. The van der Waals surface area contributed by atoms with Crippen LogP contribution in [0.1, 0.15) is 105 Å². The van der Waals surface area contributed by atoms with Crippen LogP contribution in [0.25, 0.3) is 0 Å². The van der Waals surface area contributed by atoms with Crippen molar-refractivity contribution in [1.29, 1.82) is 0 Å². The standard InChI is InChI=1S/C27H46/c1-5-20-9-11-23-21(17-20)10-12-26-25(23)16-15-24-22(13-14-27(24)26)19(4)8-6-7-18(2)3/h10,18-20,22-27H,5-9,11-17H2,1-4H3/t19-,20+,22-,23?,24?,25-,26?,27-/m1/s1. The second-order valence-electron chi connectivity index (χ2n) is 11.5. The summed E-state index contributed by atoms with van der Waals surface area (Å²) in [6.07, 6.45) is 20.8. The third-order valence-corrected chi connectivity index (χ3v) is 9.67. The molecule has 4 rings (SSSR count). The lowest BCUT2D eigenvalue weighted by molar-refractivity contribution is 0.0381. The van der Waals surface area contributed by atoms with Crippen molar-refractivity contribution in [3.05, 3.63) is 11.6 Å². The summed E-state index contributed by atoms with van der Waals surface area (Å²) >= 11 is 0. The maximum atomic E-state index is 2.76. The van der Waals surface area contributed by atoms with E-state index in [1.54, 1.807) is 25.7 Å². The van der Waals surface area contributed by atoms with Gasteiger partial charge >= 0.3 is 0 Å². The molecule has 0 aliphatic heterocycles. The molecule has 0 amide bonds. The van der Waals surface area contributed by atoms with Crippen molar-refractivity contribution in [1.82, 2.24) is 0 Å². The first kappa shape index (κ1) is 20.0. The lowest BCUT2D eigenvalue weighted by Crippen LogP contribution is -2.41. The first-order chi connectivity index (χ1) is 13.1. The third-order valence-electron chi connectivity index (χ3n) is 9.67. The minimum atomic E-state index is 0.884. The van der Waals surface area contributed by atoms with Crippen LogP contribution in [-0.4, -0.2) is 0 Å². The quantitative estimate of drug-likeness (QED) is 0.413. The smallest absolute Gasteiger partial charge is 0.0172 e. The van der Waals surface area contributed by atoms with Crippen LogP contribution in [0, 0.1) is 53.3 Å². The second-order valence-corrected chi connectivity index (χ2v) is 11.5. The van der Waals surface area contributed by atoms with Gasteiger partial charge in [0.05, 0.1) is 0 Å². The molecule has 0 heteroatoms. The molecule has 4 aliphatic carbocycles.